The Kier molecular flexibility index (Phi) is 6.91. The van der Waals surface area contributed by atoms with Crippen LogP contribution in [0.3, 0.4) is 0 Å². The van der Waals surface area contributed by atoms with E-state index in [1.54, 1.807) is 4.90 Å². The van der Waals surface area contributed by atoms with Gasteiger partial charge in [0.1, 0.15) is 5.75 Å². The second-order valence-electron chi connectivity index (χ2n) is 7.69. The maximum Gasteiger partial charge on any atom is 0.253 e. The summed E-state index contributed by atoms with van der Waals surface area (Å²) >= 11 is 0. The minimum absolute atomic E-state index is 0.0000333. The number of nitrogens with zero attached hydrogens (tertiary/aromatic N) is 1. The van der Waals surface area contributed by atoms with Crippen molar-refractivity contribution in [3.8, 4) is 5.75 Å². The molecule has 2 aromatic carbocycles. The van der Waals surface area contributed by atoms with Gasteiger partial charge in [0.2, 0.25) is 5.91 Å². The molecule has 3 rings (SSSR count). The maximum absolute atomic E-state index is 12.9. The molecular weight excluding hydrogens is 364 g/mol. The van der Waals surface area contributed by atoms with Gasteiger partial charge >= 0.3 is 0 Å². The van der Waals surface area contributed by atoms with Gasteiger partial charge in [0.25, 0.3) is 5.91 Å². The number of carbonyl (C=O) groups excluding carboxylic acids is 2. The number of rotatable bonds is 6. The van der Waals surface area contributed by atoms with Gasteiger partial charge < -0.3 is 15.0 Å². The average molecular weight is 395 g/mol. The van der Waals surface area contributed by atoms with Crippen molar-refractivity contribution in [1.29, 1.82) is 0 Å². The smallest absolute Gasteiger partial charge is 0.253 e. The first-order chi connectivity index (χ1) is 14.0. The average Bonchev–Trinajstić information content (AvgIpc) is 2.74. The van der Waals surface area contributed by atoms with Gasteiger partial charge in [-0.1, -0.05) is 29.8 Å². The van der Waals surface area contributed by atoms with Crippen molar-refractivity contribution in [2.45, 2.75) is 39.7 Å². The molecule has 0 aromatic heterocycles. The second-order valence-corrected chi connectivity index (χ2v) is 7.69. The number of hydrogen-bond acceptors (Lipinski definition) is 3. The Balaban J connectivity index is 1.61. The number of likely N-dealkylation sites (tertiary alicyclic amines) is 1. The quantitative estimate of drug-likeness (QED) is 0.802. The molecule has 2 aromatic rings. The van der Waals surface area contributed by atoms with E-state index in [0.717, 1.165) is 29.7 Å². The van der Waals surface area contributed by atoms with Crippen molar-refractivity contribution in [2.75, 3.05) is 19.7 Å². The normalized spacial score (nSPS) is 17.5. The number of benzene rings is 2. The van der Waals surface area contributed by atoms with Gasteiger partial charge in [0.15, 0.2) is 0 Å². The first-order valence-corrected chi connectivity index (χ1v) is 10.4. The van der Waals surface area contributed by atoms with Crippen molar-refractivity contribution in [2.24, 2.45) is 5.92 Å². The molecule has 5 heteroatoms. The van der Waals surface area contributed by atoms with Gasteiger partial charge in [-0.05, 0) is 63.4 Å². The molecule has 0 aliphatic carbocycles. The zero-order valence-corrected chi connectivity index (χ0v) is 17.5. The summed E-state index contributed by atoms with van der Waals surface area (Å²) in [4.78, 5) is 27.5. The van der Waals surface area contributed by atoms with E-state index in [-0.39, 0.29) is 23.8 Å². The highest BCUT2D eigenvalue weighted by Gasteiger charge is 2.29. The van der Waals surface area contributed by atoms with Crippen LogP contribution in [0.4, 0.5) is 0 Å². The summed E-state index contributed by atoms with van der Waals surface area (Å²) in [6, 6.07) is 15.3. The van der Waals surface area contributed by atoms with E-state index in [9.17, 15) is 9.59 Å². The van der Waals surface area contributed by atoms with E-state index >= 15 is 0 Å². The predicted molar refractivity (Wildman–Crippen MR) is 114 cm³/mol. The maximum atomic E-state index is 12.9. The van der Waals surface area contributed by atoms with Crippen molar-refractivity contribution in [1.82, 2.24) is 10.2 Å². The molecule has 0 radical (unpaired) electrons. The van der Waals surface area contributed by atoms with Crippen molar-refractivity contribution >= 4 is 11.8 Å². The lowest BCUT2D eigenvalue weighted by Gasteiger charge is -2.32. The molecule has 1 N–H and O–H groups in total. The molecule has 29 heavy (non-hydrogen) atoms. The number of piperidine rings is 1. The topological polar surface area (TPSA) is 58.6 Å². The van der Waals surface area contributed by atoms with Crippen LogP contribution in [0.1, 0.15) is 54.2 Å². The SMILES string of the molecule is CCOc1cccc(C(C)NC(=O)C2CCCN(C(=O)c3ccc(C)cc3)C2)c1. The predicted octanol–water partition coefficient (Wildman–Crippen LogP) is 4.12. The summed E-state index contributed by atoms with van der Waals surface area (Å²) in [7, 11) is 0. The van der Waals surface area contributed by atoms with E-state index in [2.05, 4.69) is 5.32 Å². The molecule has 1 heterocycles. The first-order valence-electron chi connectivity index (χ1n) is 10.4. The second kappa shape index (κ2) is 9.59. The van der Waals surface area contributed by atoms with Gasteiger partial charge in [0.05, 0.1) is 18.6 Å². The molecule has 2 atom stereocenters. The molecular formula is C24H30N2O3. The van der Waals surface area contributed by atoms with Gasteiger partial charge in [0, 0.05) is 18.7 Å². The first kappa shape index (κ1) is 20.9. The van der Waals surface area contributed by atoms with Crippen molar-refractivity contribution < 1.29 is 14.3 Å². The highest BCUT2D eigenvalue weighted by Crippen LogP contribution is 2.22. The van der Waals surface area contributed by atoms with E-state index < -0.39 is 0 Å². The number of aryl methyl sites for hydroxylation is 1. The van der Waals surface area contributed by atoms with Crippen LogP contribution in [0.2, 0.25) is 0 Å². The third-order valence-corrected chi connectivity index (χ3v) is 5.41. The van der Waals surface area contributed by atoms with Gasteiger partial charge in [-0.3, -0.25) is 9.59 Å². The Labute approximate surface area is 173 Å². The third-order valence-electron chi connectivity index (χ3n) is 5.41. The minimum atomic E-state index is -0.185. The van der Waals surface area contributed by atoms with E-state index in [0.29, 0.717) is 25.3 Å². The lowest BCUT2D eigenvalue weighted by molar-refractivity contribution is -0.127. The zero-order valence-electron chi connectivity index (χ0n) is 17.5. The lowest BCUT2D eigenvalue weighted by Crippen LogP contribution is -2.45. The molecule has 2 amide bonds. The van der Waals surface area contributed by atoms with Gasteiger partial charge in [-0.2, -0.15) is 0 Å². The standard InChI is InChI=1S/C24H30N2O3/c1-4-29-22-9-5-7-20(15-22)18(3)25-23(27)21-8-6-14-26(16-21)24(28)19-12-10-17(2)11-13-19/h5,7,9-13,15,18,21H,4,6,8,14,16H2,1-3H3,(H,25,27). The fourth-order valence-corrected chi connectivity index (χ4v) is 3.71. The highest BCUT2D eigenvalue weighted by atomic mass is 16.5. The lowest BCUT2D eigenvalue weighted by atomic mass is 9.95. The van der Waals surface area contributed by atoms with Gasteiger partial charge in [-0.15, -0.1) is 0 Å². The molecule has 154 valence electrons. The van der Waals surface area contributed by atoms with Crippen LogP contribution in [0, 0.1) is 12.8 Å². The number of amides is 2. The summed E-state index contributed by atoms with van der Waals surface area (Å²) in [6.45, 7) is 7.69. The fraction of sp³-hybridized carbons (Fsp3) is 0.417. The zero-order chi connectivity index (χ0) is 20.8. The van der Waals surface area contributed by atoms with E-state index in [1.807, 2.05) is 69.3 Å². The van der Waals surface area contributed by atoms with Crippen LogP contribution in [0.15, 0.2) is 48.5 Å². The van der Waals surface area contributed by atoms with Crippen LogP contribution in [0.5, 0.6) is 5.75 Å². The van der Waals surface area contributed by atoms with Crippen molar-refractivity contribution in [3.63, 3.8) is 0 Å². The molecule has 0 saturated carbocycles. The number of nitrogens with one attached hydrogen (secondary N) is 1. The van der Waals surface area contributed by atoms with E-state index in [4.69, 9.17) is 4.74 Å². The summed E-state index contributed by atoms with van der Waals surface area (Å²) in [5, 5.41) is 3.11. The number of ether oxygens (including phenoxy) is 1. The highest BCUT2D eigenvalue weighted by molar-refractivity contribution is 5.94. The third kappa shape index (κ3) is 5.37. The summed E-state index contributed by atoms with van der Waals surface area (Å²) in [5.41, 5.74) is 2.81. The monoisotopic (exact) mass is 394 g/mol. The summed E-state index contributed by atoms with van der Waals surface area (Å²) in [5.74, 6) is 0.620. The molecule has 5 nitrogen and oxygen atoms in total. The molecule has 0 spiro atoms. The molecule has 0 bridgehead atoms. The van der Waals surface area contributed by atoms with Crippen LogP contribution in [-0.4, -0.2) is 36.4 Å². The largest absolute Gasteiger partial charge is 0.494 e. The molecule has 2 unspecified atom stereocenters. The molecule has 1 aliphatic heterocycles. The van der Waals surface area contributed by atoms with Crippen LogP contribution < -0.4 is 10.1 Å². The number of carbonyl (C=O) groups is 2. The Morgan fingerprint density at radius 1 is 1.21 bits per heavy atom. The molecule has 1 fully saturated rings. The van der Waals surface area contributed by atoms with Crippen LogP contribution >= 0.6 is 0 Å². The van der Waals surface area contributed by atoms with Gasteiger partial charge in [-0.25, -0.2) is 0 Å². The Morgan fingerprint density at radius 2 is 1.97 bits per heavy atom. The summed E-state index contributed by atoms with van der Waals surface area (Å²) in [6.07, 6.45) is 1.64. The minimum Gasteiger partial charge on any atom is -0.494 e. The van der Waals surface area contributed by atoms with E-state index in [1.165, 1.54) is 0 Å². The Hall–Kier alpha value is -2.82. The Bertz CT molecular complexity index is 847. The Morgan fingerprint density at radius 3 is 2.69 bits per heavy atom. The fourth-order valence-electron chi connectivity index (χ4n) is 3.71. The van der Waals surface area contributed by atoms with Crippen LogP contribution in [0.25, 0.3) is 0 Å². The molecule has 1 saturated heterocycles. The van der Waals surface area contributed by atoms with Crippen molar-refractivity contribution in [3.05, 3.63) is 65.2 Å². The van der Waals surface area contributed by atoms with Crippen LogP contribution in [-0.2, 0) is 4.79 Å². The molecule has 1 aliphatic rings. The number of hydrogen-bond donors (Lipinski definition) is 1. The summed E-state index contributed by atoms with van der Waals surface area (Å²) < 4.78 is 5.55.